The van der Waals surface area contributed by atoms with E-state index >= 15 is 0 Å². The summed E-state index contributed by atoms with van der Waals surface area (Å²) in [6.45, 7) is 11.3. The highest BCUT2D eigenvalue weighted by Gasteiger charge is 2.15. The summed E-state index contributed by atoms with van der Waals surface area (Å²) >= 11 is 0. The molecule has 0 amide bonds. The van der Waals surface area contributed by atoms with E-state index in [1.807, 2.05) is 0 Å². The van der Waals surface area contributed by atoms with Crippen molar-refractivity contribution in [3.63, 3.8) is 0 Å². The zero-order valence-electron chi connectivity index (χ0n) is 10.5. The lowest BCUT2D eigenvalue weighted by Gasteiger charge is -2.22. The van der Waals surface area contributed by atoms with Gasteiger partial charge in [-0.1, -0.05) is 55.3 Å². The second-order valence-electron chi connectivity index (χ2n) is 4.67. The van der Waals surface area contributed by atoms with Crippen LogP contribution >= 0.6 is 0 Å². The van der Waals surface area contributed by atoms with Crippen molar-refractivity contribution < 1.29 is 0 Å². The van der Waals surface area contributed by atoms with Crippen molar-refractivity contribution in [1.82, 2.24) is 0 Å². The predicted molar refractivity (Wildman–Crippen MR) is 68.1 cm³/mol. The summed E-state index contributed by atoms with van der Waals surface area (Å²) < 4.78 is 0. The van der Waals surface area contributed by atoms with Crippen LogP contribution in [0.15, 0.2) is 41.5 Å². The summed E-state index contributed by atoms with van der Waals surface area (Å²) in [7, 11) is 0. The van der Waals surface area contributed by atoms with Gasteiger partial charge in [0.15, 0.2) is 0 Å². The van der Waals surface area contributed by atoms with Crippen LogP contribution in [0.5, 0.6) is 0 Å². The molecule has 2 atom stereocenters. The fourth-order valence-electron chi connectivity index (χ4n) is 1.88. The molecule has 0 spiro atoms. The smallest absolute Gasteiger partial charge is 0.0127 e. The van der Waals surface area contributed by atoms with Crippen molar-refractivity contribution in [2.75, 3.05) is 0 Å². The van der Waals surface area contributed by atoms with Crippen LogP contribution in [0.25, 0.3) is 0 Å². The molecule has 0 fully saturated rings. The largest absolute Gasteiger partial charge is 0.0772 e. The maximum Gasteiger partial charge on any atom is -0.0127 e. The predicted octanol–water partition coefficient (Wildman–Crippen LogP) is 4.78. The summed E-state index contributed by atoms with van der Waals surface area (Å²) in [6, 6.07) is 10.8. The number of allylic oxidation sites excluding steroid dienone is 2. The first-order chi connectivity index (χ1) is 7.04. The molecule has 0 N–H and O–H groups in total. The zero-order valence-corrected chi connectivity index (χ0v) is 10.5. The van der Waals surface area contributed by atoms with Crippen molar-refractivity contribution in [3.8, 4) is 0 Å². The standard InChI is InChI=1S/C15H22/c1-11(2)12(3)13(4)14(5)15-9-7-6-8-10-15/h6-10,13-14H,1-5H3. The number of benzene rings is 1. The lowest BCUT2D eigenvalue weighted by Crippen LogP contribution is -2.08. The maximum absolute atomic E-state index is 2.32. The lowest BCUT2D eigenvalue weighted by molar-refractivity contribution is 0.556. The summed E-state index contributed by atoms with van der Waals surface area (Å²) in [4.78, 5) is 0. The van der Waals surface area contributed by atoms with E-state index in [4.69, 9.17) is 0 Å². The fraction of sp³-hybridized carbons (Fsp3) is 0.467. The van der Waals surface area contributed by atoms with Crippen molar-refractivity contribution >= 4 is 0 Å². The second-order valence-corrected chi connectivity index (χ2v) is 4.67. The molecule has 0 aliphatic heterocycles. The molecule has 15 heavy (non-hydrogen) atoms. The van der Waals surface area contributed by atoms with Crippen molar-refractivity contribution in [1.29, 1.82) is 0 Å². The first-order valence-electron chi connectivity index (χ1n) is 5.73. The van der Waals surface area contributed by atoms with E-state index in [0.717, 1.165) is 0 Å². The van der Waals surface area contributed by atoms with E-state index in [1.54, 1.807) is 0 Å². The quantitative estimate of drug-likeness (QED) is 0.619. The highest BCUT2D eigenvalue weighted by molar-refractivity contribution is 5.23. The van der Waals surface area contributed by atoms with Gasteiger partial charge in [0, 0.05) is 0 Å². The van der Waals surface area contributed by atoms with Crippen LogP contribution in [0.1, 0.15) is 46.1 Å². The molecular weight excluding hydrogens is 180 g/mol. The van der Waals surface area contributed by atoms with Crippen LogP contribution in [-0.4, -0.2) is 0 Å². The van der Waals surface area contributed by atoms with Gasteiger partial charge in [-0.25, -0.2) is 0 Å². The molecular formula is C15H22. The molecule has 1 rings (SSSR count). The van der Waals surface area contributed by atoms with Crippen molar-refractivity contribution in [3.05, 3.63) is 47.0 Å². The van der Waals surface area contributed by atoms with Gasteiger partial charge in [-0.05, 0) is 38.2 Å². The molecule has 1 aromatic rings. The van der Waals surface area contributed by atoms with Crippen LogP contribution in [0.4, 0.5) is 0 Å². The summed E-state index contributed by atoms with van der Waals surface area (Å²) in [5.74, 6) is 1.22. The molecule has 0 nitrogen and oxygen atoms in total. The Kier molecular flexibility index (Phi) is 4.14. The van der Waals surface area contributed by atoms with Gasteiger partial charge in [-0.15, -0.1) is 0 Å². The molecule has 2 unspecified atom stereocenters. The monoisotopic (exact) mass is 202 g/mol. The molecule has 0 aromatic heterocycles. The minimum absolute atomic E-state index is 0.598. The average molecular weight is 202 g/mol. The van der Waals surface area contributed by atoms with Gasteiger partial charge in [-0.2, -0.15) is 0 Å². The first-order valence-corrected chi connectivity index (χ1v) is 5.73. The molecule has 0 saturated carbocycles. The van der Waals surface area contributed by atoms with E-state index in [0.29, 0.717) is 11.8 Å². The second kappa shape index (κ2) is 5.16. The molecule has 82 valence electrons. The number of hydrogen-bond donors (Lipinski definition) is 0. The average Bonchev–Trinajstić information content (AvgIpc) is 2.27. The Balaban J connectivity index is 2.87. The van der Waals surface area contributed by atoms with Gasteiger partial charge in [0.2, 0.25) is 0 Å². The fourth-order valence-corrected chi connectivity index (χ4v) is 1.88. The van der Waals surface area contributed by atoms with Gasteiger partial charge in [0.05, 0.1) is 0 Å². The highest BCUT2D eigenvalue weighted by atomic mass is 14.2. The molecule has 0 saturated heterocycles. The van der Waals surface area contributed by atoms with Crippen LogP contribution in [0.2, 0.25) is 0 Å². The van der Waals surface area contributed by atoms with E-state index in [9.17, 15) is 0 Å². The molecule has 0 aliphatic carbocycles. The lowest BCUT2D eigenvalue weighted by atomic mass is 9.83. The summed E-state index contributed by atoms with van der Waals surface area (Å²) in [6.07, 6.45) is 0. The van der Waals surface area contributed by atoms with Crippen LogP contribution < -0.4 is 0 Å². The van der Waals surface area contributed by atoms with Gasteiger partial charge in [-0.3, -0.25) is 0 Å². The van der Waals surface area contributed by atoms with E-state index in [-0.39, 0.29) is 0 Å². The van der Waals surface area contributed by atoms with E-state index in [1.165, 1.54) is 16.7 Å². The van der Waals surface area contributed by atoms with E-state index in [2.05, 4.69) is 65.0 Å². The van der Waals surface area contributed by atoms with Gasteiger partial charge < -0.3 is 0 Å². The van der Waals surface area contributed by atoms with Crippen LogP contribution in [-0.2, 0) is 0 Å². The normalized spacial score (nSPS) is 14.5. The van der Waals surface area contributed by atoms with Crippen LogP contribution in [0.3, 0.4) is 0 Å². The maximum atomic E-state index is 2.32. The van der Waals surface area contributed by atoms with Crippen molar-refractivity contribution in [2.45, 2.75) is 40.5 Å². The third-order valence-electron chi connectivity index (χ3n) is 3.55. The number of hydrogen-bond acceptors (Lipinski definition) is 0. The SMILES string of the molecule is CC(C)=C(C)C(C)C(C)c1ccccc1. The molecule has 0 radical (unpaired) electrons. The molecule has 0 bridgehead atoms. The zero-order chi connectivity index (χ0) is 11.4. The van der Waals surface area contributed by atoms with Crippen LogP contribution in [0, 0.1) is 5.92 Å². The Morgan fingerprint density at radius 3 is 1.93 bits per heavy atom. The summed E-state index contributed by atoms with van der Waals surface area (Å²) in [5, 5.41) is 0. The van der Waals surface area contributed by atoms with Gasteiger partial charge in [0.25, 0.3) is 0 Å². The number of rotatable bonds is 3. The molecule has 0 heteroatoms. The summed E-state index contributed by atoms with van der Waals surface area (Å²) in [5.41, 5.74) is 4.40. The Morgan fingerprint density at radius 1 is 0.933 bits per heavy atom. The Labute approximate surface area is 94.0 Å². The topological polar surface area (TPSA) is 0 Å². The van der Waals surface area contributed by atoms with E-state index < -0.39 is 0 Å². The highest BCUT2D eigenvalue weighted by Crippen LogP contribution is 2.30. The minimum atomic E-state index is 0.598. The van der Waals surface area contributed by atoms with Crippen molar-refractivity contribution in [2.24, 2.45) is 5.92 Å². The Hall–Kier alpha value is -1.04. The molecule has 0 heterocycles. The third kappa shape index (κ3) is 2.95. The molecule has 1 aromatic carbocycles. The minimum Gasteiger partial charge on any atom is -0.0772 e. The Morgan fingerprint density at radius 2 is 1.47 bits per heavy atom. The molecule has 0 aliphatic rings. The van der Waals surface area contributed by atoms with Gasteiger partial charge >= 0.3 is 0 Å². The first kappa shape index (κ1) is 12.0. The van der Waals surface area contributed by atoms with Gasteiger partial charge in [0.1, 0.15) is 0 Å². The third-order valence-corrected chi connectivity index (χ3v) is 3.55. The Bertz CT molecular complexity index is 328.